The van der Waals surface area contributed by atoms with E-state index in [0.717, 1.165) is 0 Å². The topological polar surface area (TPSA) is 3.24 Å². The van der Waals surface area contributed by atoms with Crippen LogP contribution in [0.15, 0.2) is 0 Å². The molecule has 9 heavy (non-hydrogen) atoms. The summed E-state index contributed by atoms with van der Waals surface area (Å²) in [5.41, 5.74) is 0. The van der Waals surface area contributed by atoms with E-state index in [9.17, 15) is 0 Å². The highest BCUT2D eigenvalue weighted by Gasteiger charge is 2.01. The van der Waals surface area contributed by atoms with E-state index in [1.165, 1.54) is 19.4 Å². The predicted molar refractivity (Wildman–Crippen MR) is 50.8 cm³/mol. The van der Waals surface area contributed by atoms with Crippen molar-refractivity contribution in [3.8, 4) is 0 Å². The van der Waals surface area contributed by atoms with Crippen molar-refractivity contribution in [2.75, 3.05) is 6.54 Å². The molecule has 0 spiro atoms. The Kier molecular flexibility index (Phi) is 5.89. The zero-order chi connectivity index (χ0) is 7.28. The van der Waals surface area contributed by atoms with Crippen molar-refractivity contribution >= 4 is 22.9 Å². The highest BCUT2D eigenvalue weighted by atomic mass is 127. The standard InChI is InChI=1S/C7H16IN/c1-4-5-6-9(8)7(2)3/h7H,4-6H2,1-3H3. The first-order valence-corrected chi connectivity index (χ1v) is 4.57. The van der Waals surface area contributed by atoms with E-state index in [0.29, 0.717) is 6.04 Å². The maximum absolute atomic E-state index is 2.39. The second-order valence-electron chi connectivity index (χ2n) is 2.57. The van der Waals surface area contributed by atoms with Gasteiger partial charge >= 0.3 is 0 Å². The Hall–Kier alpha value is 0.690. The lowest BCUT2D eigenvalue weighted by atomic mass is 10.3. The molecule has 0 heterocycles. The highest BCUT2D eigenvalue weighted by molar-refractivity contribution is 14.1. The van der Waals surface area contributed by atoms with Crippen molar-refractivity contribution in [1.82, 2.24) is 3.11 Å². The summed E-state index contributed by atoms with van der Waals surface area (Å²) in [7, 11) is 0. The fourth-order valence-electron chi connectivity index (χ4n) is 0.567. The van der Waals surface area contributed by atoms with Crippen LogP contribution in [0.2, 0.25) is 0 Å². The summed E-state index contributed by atoms with van der Waals surface area (Å²) in [4.78, 5) is 0. The SMILES string of the molecule is CCCCN(I)C(C)C. The van der Waals surface area contributed by atoms with E-state index in [-0.39, 0.29) is 0 Å². The minimum Gasteiger partial charge on any atom is -0.245 e. The molecular formula is C7H16IN. The van der Waals surface area contributed by atoms with E-state index < -0.39 is 0 Å². The summed E-state index contributed by atoms with van der Waals surface area (Å²) >= 11 is 2.39. The van der Waals surface area contributed by atoms with Crippen molar-refractivity contribution in [3.63, 3.8) is 0 Å². The lowest BCUT2D eigenvalue weighted by Gasteiger charge is -2.17. The van der Waals surface area contributed by atoms with Gasteiger partial charge in [-0.15, -0.1) is 0 Å². The van der Waals surface area contributed by atoms with Crippen molar-refractivity contribution in [3.05, 3.63) is 0 Å². The van der Waals surface area contributed by atoms with Gasteiger partial charge in [0.05, 0.1) is 0 Å². The van der Waals surface area contributed by atoms with Crippen LogP contribution in [0, 0.1) is 0 Å². The molecule has 0 aromatic heterocycles. The fourth-order valence-corrected chi connectivity index (χ4v) is 0.908. The molecule has 0 radical (unpaired) electrons. The second-order valence-corrected chi connectivity index (χ2v) is 3.81. The average molecular weight is 241 g/mol. The molecule has 0 aliphatic rings. The molecule has 0 aromatic rings. The summed E-state index contributed by atoms with van der Waals surface area (Å²) in [5.74, 6) is 0. The van der Waals surface area contributed by atoms with Gasteiger partial charge in [-0.25, -0.2) is 3.11 Å². The molecule has 0 atom stereocenters. The monoisotopic (exact) mass is 241 g/mol. The third-order valence-corrected chi connectivity index (χ3v) is 2.88. The van der Waals surface area contributed by atoms with E-state index >= 15 is 0 Å². The first-order chi connectivity index (χ1) is 4.18. The summed E-state index contributed by atoms with van der Waals surface area (Å²) in [6.45, 7) is 7.91. The Morgan fingerprint density at radius 1 is 1.44 bits per heavy atom. The third-order valence-electron chi connectivity index (χ3n) is 1.29. The van der Waals surface area contributed by atoms with Gasteiger partial charge in [0.15, 0.2) is 0 Å². The Balaban J connectivity index is 3.16. The largest absolute Gasteiger partial charge is 0.245 e. The van der Waals surface area contributed by atoms with Crippen molar-refractivity contribution in [2.24, 2.45) is 0 Å². The van der Waals surface area contributed by atoms with Crippen LogP contribution in [0.5, 0.6) is 0 Å². The number of unbranched alkanes of at least 4 members (excludes halogenated alkanes) is 1. The van der Waals surface area contributed by atoms with Gasteiger partial charge in [-0.2, -0.15) is 0 Å². The van der Waals surface area contributed by atoms with Crippen LogP contribution in [-0.2, 0) is 0 Å². The molecule has 0 saturated heterocycles. The van der Waals surface area contributed by atoms with Crippen LogP contribution >= 0.6 is 22.9 Å². The smallest absolute Gasteiger partial charge is 0.0204 e. The molecule has 0 rings (SSSR count). The zero-order valence-electron chi connectivity index (χ0n) is 6.52. The molecule has 0 aliphatic heterocycles. The van der Waals surface area contributed by atoms with Crippen LogP contribution in [-0.4, -0.2) is 15.7 Å². The number of halogens is 1. The fraction of sp³-hybridized carbons (Fsp3) is 1.00. The summed E-state index contributed by atoms with van der Waals surface area (Å²) < 4.78 is 2.35. The van der Waals surface area contributed by atoms with Crippen LogP contribution < -0.4 is 0 Å². The highest BCUT2D eigenvalue weighted by Crippen LogP contribution is 2.06. The van der Waals surface area contributed by atoms with Crippen LogP contribution in [0.1, 0.15) is 33.6 Å². The Labute approximate surface area is 72.3 Å². The number of rotatable bonds is 4. The van der Waals surface area contributed by atoms with Gasteiger partial charge in [-0.1, -0.05) is 13.3 Å². The van der Waals surface area contributed by atoms with Gasteiger partial charge in [0.25, 0.3) is 0 Å². The van der Waals surface area contributed by atoms with Gasteiger partial charge in [0, 0.05) is 35.5 Å². The van der Waals surface area contributed by atoms with Crippen LogP contribution in [0.25, 0.3) is 0 Å². The average Bonchev–Trinajstić information content (AvgIpc) is 1.82. The molecule has 0 aromatic carbocycles. The summed E-state index contributed by atoms with van der Waals surface area (Å²) in [6.07, 6.45) is 2.62. The molecule has 1 nitrogen and oxygen atoms in total. The maximum Gasteiger partial charge on any atom is 0.0204 e. The normalized spacial score (nSPS) is 11.3. The quantitative estimate of drug-likeness (QED) is 0.540. The zero-order valence-corrected chi connectivity index (χ0v) is 8.68. The van der Waals surface area contributed by atoms with Gasteiger partial charge in [0.2, 0.25) is 0 Å². The predicted octanol–water partition coefficient (Wildman–Crippen LogP) is 2.85. The molecule has 0 fully saturated rings. The molecule has 0 unspecified atom stereocenters. The summed E-state index contributed by atoms with van der Waals surface area (Å²) in [5, 5.41) is 0. The first-order valence-electron chi connectivity index (χ1n) is 3.61. The van der Waals surface area contributed by atoms with Gasteiger partial charge in [-0.05, 0) is 20.3 Å². The molecule has 2 heteroatoms. The minimum atomic E-state index is 0.692. The van der Waals surface area contributed by atoms with E-state index in [2.05, 4.69) is 46.7 Å². The molecular weight excluding hydrogens is 225 g/mol. The Morgan fingerprint density at radius 2 is 2.00 bits per heavy atom. The first kappa shape index (κ1) is 9.69. The van der Waals surface area contributed by atoms with E-state index in [4.69, 9.17) is 0 Å². The van der Waals surface area contributed by atoms with Crippen LogP contribution in [0.4, 0.5) is 0 Å². The molecule has 0 N–H and O–H groups in total. The maximum atomic E-state index is 2.39. The third kappa shape index (κ3) is 5.15. The van der Waals surface area contributed by atoms with Gasteiger partial charge in [0.1, 0.15) is 0 Å². The van der Waals surface area contributed by atoms with Gasteiger partial charge in [-0.3, -0.25) is 0 Å². The number of nitrogens with zero attached hydrogens (tertiary/aromatic N) is 1. The number of hydrogen-bond acceptors (Lipinski definition) is 1. The lowest BCUT2D eigenvalue weighted by Crippen LogP contribution is -2.20. The minimum absolute atomic E-state index is 0.692. The molecule has 56 valence electrons. The molecule has 0 saturated carbocycles. The van der Waals surface area contributed by atoms with Crippen molar-refractivity contribution in [2.45, 2.75) is 39.7 Å². The second kappa shape index (κ2) is 5.47. The van der Waals surface area contributed by atoms with Crippen molar-refractivity contribution < 1.29 is 0 Å². The molecule has 0 amide bonds. The van der Waals surface area contributed by atoms with E-state index in [1.807, 2.05) is 0 Å². The molecule has 0 aliphatic carbocycles. The number of hydrogen-bond donors (Lipinski definition) is 0. The van der Waals surface area contributed by atoms with E-state index in [1.54, 1.807) is 0 Å². The lowest BCUT2D eigenvalue weighted by molar-refractivity contribution is 0.420. The Bertz CT molecular complexity index is 63.9. The summed E-state index contributed by atoms with van der Waals surface area (Å²) in [6, 6.07) is 0.692. The van der Waals surface area contributed by atoms with Crippen LogP contribution in [0.3, 0.4) is 0 Å². The molecule has 0 bridgehead atoms. The Morgan fingerprint density at radius 3 is 2.33 bits per heavy atom. The van der Waals surface area contributed by atoms with Gasteiger partial charge < -0.3 is 0 Å². The van der Waals surface area contributed by atoms with Crippen molar-refractivity contribution in [1.29, 1.82) is 0 Å².